The van der Waals surface area contributed by atoms with Crippen LogP contribution in [0.2, 0.25) is 0 Å². The van der Waals surface area contributed by atoms with Crippen LogP contribution >= 0.6 is 22.9 Å². The van der Waals surface area contributed by atoms with Gasteiger partial charge in [0.15, 0.2) is 0 Å². The van der Waals surface area contributed by atoms with Gasteiger partial charge in [0.05, 0.1) is 10.8 Å². The molecule has 0 fully saturated rings. The smallest absolute Gasteiger partial charge is 0.207 e. The van der Waals surface area contributed by atoms with Gasteiger partial charge in [-0.25, -0.2) is 8.42 Å². The van der Waals surface area contributed by atoms with Crippen molar-refractivity contribution in [2.75, 3.05) is 6.54 Å². The molecular weight excluding hydrogens is 290 g/mol. The maximum Gasteiger partial charge on any atom is 0.244 e. The van der Waals surface area contributed by atoms with Crippen molar-refractivity contribution in [3.63, 3.8) is 0 Å². The molecule has 0 aromatic carbocycles. The zero-order chi connectivity index (χ0) is 13.9. The van der Waals surface area contributed by atoms with Crippen LogP contribution in [0.5, 0.6) is 0 Å². The third-order valence-electron chi connectivity index (χ3n) is 2.49. The lowest BCUT2D eigenvalue weighted by atomic mass is 10.2. The maximum atomic E-state index is 12.5. The Labute approximate surface area is 119 Å². The first-order valence-electron chi connectivity index (χ1n) is 5.94. The summed E-state index contributed by atoms with van der Waals surface area (Å²) in [6, 6.07) is 1.62. The third-order valence-corrected chi connectivity index (χ3v) is 6.04. The molecule has 0 radical (unpaired) electrons. The zero-order valence-corrected chi connectivity index (χ0v) is 13.6. The van der Waals surface area contributed by atoms with Crippen LogP contribution in [0.4, 0.5) is 0 Å². The summed E-state index contributed by atoms with van der Waals surface area (Å²) in [6.07, 6.45) is 0. The first kappa shape index (κ1) is 16.0. The van der Waals surface area contributed by atoms with Crippen LogP contribution in [0.25, 0.3) is 0 Å². The SMILES string of the molecule is CC(C)CN(C(C)C)S(=O)(=O)c1csc(CCl)c1. The minimum atomic E-state index is -3.40. The molecule has 0 atom stereocenters. The number of nitrogens with zero attached hydrogens (tertiary/aromatic N) is 1. The molecule has 0 N–H and O–H groups in total. The predicted octanol–water partition coefficient (Wildman–Crippen LogP) is 3.54. The first-order valence-corrected chi connectivity index (χ1v) is 8.79. The van der Waals surface area contributed by atoms with Crippen molar-refractivity contribution in [1.29, 1.82) is 0 Å². The number of hydrogen-bond acceptors (Lipinski definition) is 3. The van der Waals surface area contributed by atoms with Crippen LogP contribution in [-0.2, 0) is 15.9 Å². The lowest BCUT2D eigenvalue weighted by molar-refractivity contribution is 0.319. The Morgan fingerprint density at radius 1 is 1.33 bits per heavy atom. The van der Waals surface area contributed by atoms with Gasteiger partial charge in [0.1, 0.15) is 0 Å². The Hall–Kier alpha value is -0.100. The summed E-state index contributed by atoms with van der Waals surface area (Å²) in [7, 11) is -3.40. The molecule has 1 heterocycles. The molecule has 3 nitrogen and oxygen atoms in total. The lowest BCUT2D eigenvalue weighted by Gasteiger charge is -2.27. The van der Waals surface area contributed by atoms with Gasteiger partial charge in [0.25, 0.3) is 0 Å². The molecule has 0 amide bonds. The maximum absolute atomic E-state index is 12.5. The van der Waals surface area contributed by atoms with E-state index in [0.29, 0.717) is 23.2 Å². The second-order valence-corrected chi connectivity index (χ2v) is 8.10. The van der Waals surface area contributed by atoms with Crippen molar-refractivity contribution in [2.24, 2.45) is 5.92 Å². The third kappa shape index (κ3) is 3.70. The number of hydrogen-bond donors (Lipinski definition) is 0. The van der Waals surface area contributed by atoms with Crippen molar-refractivity contribution in [3.8, 4) is 0 Å². The highest BCUT2D eigenvalue weighted by atomic mass is 35.5. The molecule has 0 unspecified atom stereocenters. The monoisotopic (exact) mass is 309 g/mol. The molecule has 0 aliphatic carbocycles. The zero-order valence-electron chi connectivity index (χ0n) is 11.2. The Kier molecular flexibility index (Phi) is 5.65. The molecule has 0 aliphatic rings. The molecule has 6 heteroatoms. The van der Waals surface area contributed by atoms with Crippen molar-refractivity contribution in [3.05, 3.63) is 16.3 Å². The highest BCUT2D eigenvalue weighted by Gasteiger charge is 2.28. The van der Waals surface area contributed by atoms with Crippen LogP contribution in [-0.4, -0.2) is 25.3 Å². The van der Waals surface area contributed by atoms with Gasteiger partial charge in [0.2, 0.25) is 10.0 Å². The van der Waals surface area contributed by atoms with Crippen molar-refractivity contribution >= 4 is 33.0 Å². The van der Waals surface area contributed by atoms with E-state index < -0.39 is 10.0 Å². The van der Waals surface area contributed by atoms with E-state index in [1.807, 2.05) is 27.7 Å². The van der Waals surface area contributed by atoms with Crippen LogP contribution in [0.3, 0.4) is 0 Å². The average molecular weight is 310 g/mol. The largest absolute Gasteiger partial charge is 0.244 e. The molecule has 1 aromatic heterocycles. The summed E-state index contributed by atoms with van der Waals surface area (Å²) in [4.78, 5) is 1.24. The molecule has 18 heavy (non-hydrogen) atoms. The Morgan fingerprint density at radius 2 is 1.94 bits per heavy atom. The number of alkyl halides is 1. The van der Waals surface area contributed by atoms with Gasteiger partial charge >= 0.3 is 0 Å². The van der Waals surface area contributed by atoms with Crippen LogP contribution in [0.15, 0.2) is 16.3 Å². The minimum absolute atomic E-state index is 0.0447. The second-order valence-electron chi connectivity index (χ2n) is 4.94. The van der Waals surface area contributed by atoms with E-state index in [4.69, 9.17) is 11.6 Å². The fourth-order valence-corrected chi connectivity index (χ4v) is 4.82. The molecule has 0 saturated carbocycles. The summed E-state index contributed by atoms with van der Waals surface area (Å²) in [6.45, 7) is 8.36. The second kappa shape index (κ2) is 6.37. The van der Waals surface area contributed by atoms with Gasteiger partial charge in [-0.1, -0.05) is 13.8 Å². The average Bonchev–Trinajstić information content (AvgIpc) is 2.74. The summed E-state index contributed by atoms with van der Waals surface area (Å²) in [5.41, 5.74) is 0. The highest BCUT2D eigenvalue weighted by Crippen LogP contribution is 2.25. The van der Waals surface area contributed by atoms with E-state index >= 15 is 0 Å². The Morgan fingerprint density at radius 3 is 2.33 bits per heavy atom. The van der Waals surface area contributed by atoms with Crippen molar-refractivity contribution < 1.29 is 8.42 Å². The molecule has 0 saturated heterocycles. The fourth-order valence-electron chi connectivity index (χ4n) is 1.65. The van der Waals surface area contributed by atoms with Gasteiger partial charge in [-0.05, 0) is 25.8 Å². The van der Waals surface area contributed by atoms with E-state index in [1.165, 1.54) is 11.3 Å². The van der Waals surface area contributed by atoms with Crippen LogP contribution in [0, 0.1) is 5.92 Å². The van der Waals surface area contributed by atoms with E-state index in [0.717, 1.165) is 4.88 Å². The highest BCUT2D eigenvalue weighted by molar-refractivity contribution is 7.89. The molecule has 0 spiro atoms. The molecular formula is C12H20ClNO2S2. The summed E-state index contributed by atoms with van der Waals surface area (Å²) < 4.78 is 26.6. The number of sulfonamides is 1. The molecule has 0 aliphatic heterocycles. The normalized spacial score (nSPS) is 12.9. The van der Waals surface area contributed by atoms with E-state index in [1.54, 1.807) is 15.8 Å². The van der Waals surface area contributed by atoms with Gasteiger partial charge in [-0.2, -0.15) is 4.31 Å². The summed E-state index contributed by atoms with van der Waals surface area (Å²) >= 11 is 7.11. The first-order chi connectivity index (χ1) is 8.28. The number of halogens is 1. The van der Waals surface area contributed by atoms with Crippen molar-refractivity contribution in [1.82, 2.24) is 4.31 Å². The topological polar surface area (TPSA) is 37.4 Å². The minimum Gasteiger partial charge on any atom is -0.207 e. The van der Waals surface area contributed by atoms with E-state index in [9.17, 15) is 8.42 Å². The van der Waals surface area contributed by atoms with Gasteiger partial charge < -0.3 is 0 Å². The Bertz CT molecular complexity index is 480. The summed E-state index contributed by atoms with van der Waals surface area (Å²) in [5.74, 6) is 0.653. The van der Waals surface area contributed by atoms with E-state index in [2.05, 4.69) is 0 Å². The van der Waals surface area contributed by atoms with Crippen LogP contribution < -0.4 is 0 Å². The molecule has 104 valence electrons. The van der Waals surface area contributed by atoms with Gasteiger partial charge in [0, 0.05) is 22.8 Å². The number of thiophene rings is 1. The quantitative estimate of drug-likeness (QED) is 0.754. The van der Waals surface area contributed by atoms with Crippen molar-refractivity contribution in [2.45, 2.75) is 44.5 Å². The van der Waals surface area contributed by atoms with Gasteiger partial charge in [-0.15, -0.1) is 22.9 Å². The summed E-state index contributed by atoms with van der Waals surface area (Å²) in [5, 5.41) is 1.67. The van der Waals surface area contributed by atoms with Crippen LogP contribution in [0.1, 0.15) is 32.6 Å². The van der Waals surface area contributed by atoms with Gasteiger partial charge in [-0.3, -0.25) is 0 Å². The standard InChI is InChI=1S/C12H20ClNO2S2/c1-9(2)7-14(10(3)4)18(15,16)12-5-11(6-13)17-8-12/h5,8-10H,6-7H2,1-4H3. The number of rotatable bonds is 6. The molecule has 1 rings (SSSR count). The molecule has 1 aromatic rings. The van der Waals surface area contributed by atoms with E-state index in [-0.39, 0.29) is 6.04 Å². The lowest BCUT2D eigenvalue weighted by Crippen LogP contribution is -2.39. The molecule has 0 bridgehead atoms. The fraction of sp³-hybridized carbons (Fsp3) is 0.667. The predicted molar refractivity (Wildman–Crippen MR) is 77.7 cm³/mol. The Balaban J connectivity index is 3.08.